The van der Waals surface area contributed by atoms with Gasteiger partial charge in [0.05, 0.1) is 6.61 Å². The quantitative estimate of drug-likeness (QED) is 0.783. The summed E-state index contributed by atoms with van der Waals surface area (Å²) in [5.41, 5.74) is 1.63. The zero-order chi connectivity index (χ0) is 18.5. The predicted octanol–water partition coefficient (Wildman–Crippen LogP) is 3.87. The fourth-order valence-corrected chi connectivity index (χ4v) is 2.95. The van der Waals surface area contributed by atoms with Crippen LogP contribution in [0.1, 0.15) is 12.0 Å². The van der Waals surface area contributed by atoms with Gasteiger partial charge in [0, 0.05) is 35.7 Å². The van der Waals surface area contributed by atoms with E-state index in [1.54, 1.807) is 41.3 Å². The highest BCUT2D eigenvalue weighted by molar-refractivity contribution is 6.30. The molecule has 0 bridgehead atoms. The van der Waals surface area contributed by atoms with E-state index in [0.717, 1.165) is 17.3 Å². The molecule has 1 amide bonds. The van der Waals surface area contributed by atoms with Crippen molar-refractivity contribution in [3.8, 4) is 5.75 Å². The Morgan fingerprint density at radius 3 is 2.54 bits per heavy atom. The van der Waals surface area contributed by atoms with Gasteiger partial charge in [-0.25, -0.2) is 4.79 Å². The average molecular weight is 372 g/mol. The summed E-state index contributed by atoms with van der Waals surface area (Å²) < 4.78 is 5.78. The maximum atomic E-state index is 12.2. The van der Waals surface area contributed by atoms with Crippen molar-refractivity contribution in [3.05, 3.63) is 65.2 Å². The highest BCUT2D eigenvalue weighted by Crippen LogP contribution is 2.27. The van der Waals surface area contributed by atoms with Crippen LogP contribution in [0.5, 0.6) is 5.75 Å². The number of ether oxygens (including phenoxy) is 1. The van der Waals surface area contributed by atoms with Gasteiger partial charge in [-0.05, 0) is 48.0 Å². The van der Waals surface area contributed by atoms with Crippen LogP contribution in [-0.4, -0.2) is 30.1 Å². The average Bonchev–Trinajstić information content (AvgIpc) is 3.00. The van der Waals surface area contributed by atoms with Crippen molar-refractivity contribution in [2.24, 2.45) is 5.92 Å². The molecule has 1 fully saturated rings. The minimum absolute atomic E-state index is 0.0788. The molecule has 1 saturated heterocycles. The van der Waals surface area contributed by atoms with Crippen molar-refractivity contribution in [3.63, 3.8) is 0 Å². The van der Waals surface area contributed by atoms with Crippen LogP contribution >= 0.6 is 11.6 Å². The smallest absolute Gasteiger partial charge is 0.328 e. The summed E-state index contributed by atoms with van der Waals surface area (Å²) in [5.74, 6) is -0.101. The highest BCUT2D eigenvalue weighted by atomic mass is 35.5. The van der Waals surface area contributed by atoms with Gasteiger partial charge in [-0.3, -0.25) is 4.79 Å². The second-order valence-corrected chi connectivity index (χ2v) is 6.54. The van der Waals surface area contributed by atoms with E-state index in [-0.39, 0.29) is 11.8 Å². The number of anilines is 1. The summed E-state index contributed by atoms with van der Waals surface area (Å²) >= 11 is 5.89. The third-order valence-corrected chi connectivity index (χ3v) is 4.38. The van der Waals surface area contributed by atoms with Crippen LogP contribution in [0.2, 0.25) is 5.02 Å². The third-order valence-electron chi connectivity index (χ3n) is 4.13. The number of amides is 1. The van der Waals surface area contributed by atoms with Gasteiger partial charge in [0.15, 0.2) is 0 Å². The SMILES string of the molecule is O=C(O)/C=C/c1ccc(OCC2CC(=O)N(c3ccc(Cl)cc3)C2)cc1. The van der Waals surface area contributed by atoms with Gasteiger partial charge in [-0.1, -0.05) is 23.7 Å². The van der Waals surface area contributed by atoms with E-state index < -0.39 is 5.97 Å². The van der Waals surface area contributed by atoms with Crippen LogP contribution in [-0.2, 0) is 9.59 Å². The Balaban J connectivity index is 1.54. The van der Waals surface area contributed by atoms with Gasteiger partial charge in [-0.15, -0.1) is 0 Å². The lowest BCUT2D eigenvalue weighted by Crippen LogP contribution is -2.25. The van der Waals surface area contributed by atoms with Crippen LogP contribution in [0.3, 0.4) is 0 Å². The maximum Gasteiger partial charge on any atom is 0.328 e. The van der Waals surface area contributed by atoms with Gasteiger partial charge < -0.3 is 14.7 Å². The van der Waals surface area contributed by atoms with E-state index in [1.807, 2.05) is 12.1 Å². The first kappa shape index (κ1) is 18.0. The minimum Gasteiger partial charge on any atom is -0.493 e. The molecule has 0 aromatic heterocycles. The first-order valence-electron chi connectivity index (χ1n) is 8.21. The predicted molar refractivity (Wildman–Crippen MR) is 101 cm³/mol. The van der Waals surface area contributed by atoms with Gasteiger partial charge in [-0.2, -0.15) is 0 Å². The maximum absolute atomic E-state index is 12.2. The van der Waals surface area contributed by atoms with Crippen molar-refractivity contribution >= 4 is 35.2 Å². The number of halogens is 1. The summed E-state index contributed by atoms with van der Waals surface area (Å²) in [6.07, 6.45) is 3.05. The zero-order valence-corrected chi connectivity index (χ0v) is 14.7. The number of rotatable bonds is 6. The number of carboxylic acids is 1. The first-order chi connectivity index (χ1) is 12.5. The second-order valence-electron chi connectivity index (χ2n) is 6.10. The van der Waals surface area contributed by atoms with E-state index in [4.69, 9.17) is 21.4 Å². The minimum atomic E-state index is -0.985. The van der Waals surface area contributed by atoms with Gasteiger partial charge >= 0.3 is 5.97 Å². The second kappa shape index (κ2) is 8.06. The summed E-state index contributed by atoms with van der Waals surface area (Å²) in [6, 6.07) is 14.4. The number of benzene rings is 2. The lowest BCUT2D eigenvalue weighted by Gasteiger charge is -2.17. The molecule has 26 heavy (non-hydrogen) atoms. The van der Waals surface area contributed by atoms with Crippen LogP contribution < -0.4 is 9.64 Å². The van der Waals surface area contributed by atoms with Gasteiger partial charge in [0.1, 0.15) is 5.75 Å². The van der Waals surface area contributed by atoms with Crippen molar-refractivity contribution < 1.29 is 19.4 Å². The monoisotopic (exact) mass is 371 g/mol. The Morgan fingerprint density at radius 2 is 1.88 bits per heavy atom. The summed E-state index contributed by atoms with van der Waals surface area (Å²) in [7, 11) is 0. The molecule has 134 valence electrons. The summed E-state index contributed by atoms with van der Waals surface area (Å²) in [5, 5.41) is 9.26. The largest absolute Gasteiger partial charge is 0.493 e. The third kappa shape index (κ3) is 4.64. The van der Waals surface area contributed by atoms with E-state index in [9.17, 15) is 9.59 Å². The van der Waals surface area contributed by atoms with Crippen LogP contribution in [0.4, 0.5) is 5.69 Å². The standard InChI is InChI=1S/C20H18ClNO4/c21-16-4-6-17(7-5-16)22-12-15(11-19(22)23)13-26-18-8-1-14(2-9-18)3-10-20(24)25/h1-10,15H,11-13H2,(H,24,25)/b10-3+. The molecule has 0 aliphatic carbocycles. The molecule has 1 aliphatic rings. The zero-order valence-electron chi connectivity index (χ0n) is 14.0. The molecule has 3 rings (SSSR count). The number of carbonyl (C=O) groups excluding carboxylic acids is 1. The normalized spacial score (nSPS) is 17.0. The molecule has 0 radical (unpaired) electrons. The van der Waals surface area contributed by atoms with E-state index in [2.05, 4.69) is 0 Å². The first-order valence-corrected chi connectivity index (χ1v) is 8.59. The number of aliphatic carboxylic acids is 1. The van der Waals surface area contributed by atoms with Crippen molar-refractivity contribution in [1.29, 1.82) is 0 Å². The Hall–Kier alpha value is -2.79. The molecule has 1 atom stereocenters. The highest BCUT2D eigenvalue weighted by Gasteiger charge is 2.31. The van der Waals surface area contributed by atoms with E-state index in [0.29, 0.717) is 30.3 Å². The summed E-state index contributed by atoms with van der Waals surface area (Å²) in [4.78, 5) is 24.5. The lowest BCUT2D eigenvalue weighted by atomic mass is 10.1. The lowest BCUT2D eigenvalue weighted by molar-refractivity contribution is -0.131. The number of carboxylic acid groups (broad SMARTS) is 1. The molecule has 5 nitrogen and oxygen atoms in total. The Morgan fingerprint density at radius 1 is 1.19 bits per heavy atom. The number of carbonyl (C=O) groups is 2. The van der Waals surface area contributed by atoms with Crippen molar-refractivity contribution in [1.82, 2.24) is 0 Å². The van der Waals surface area contributed by atoms with Crippen LogP contribution in [0.25, 0.3) is 6.08 Å². The number of hydrogen-bond acceptors (Lipinski definition) is 3. The molecule has 2 aromatic carbocycles. The fraction of sp³-hybridized carbons (Fsp3) is 0.200. The molecule has 1 unspecified atom stereocenters. The van der Waals surface area contributed by atoms with Crippen LogP contribution in [0, 0.1) is 5.92 Å². The van der Waals surface area contributed by atoms with Gasteiger partial charge in [0.2, 0.25) is 5.91 Å². The Bertz CT molecular complexity index is 815. The molecule has 1 N–H and O–H groups in total. The number of nitrogens with zero attached hydrogens (tertiary/aromatic N) is 1. The Kier molecular flexibility index (Phi) is 5.58. The van der Waals surface area contributed by atoms with Crippen LogP contribution in [0.15, 0.2) is 54.6 Å². The summed E-state index contributed by atoms with van der Waals surface area (Å²) in [6.45, 7) is 1.06. The molecule has 1 heterocycles. The van der Waals surface area contributed by atoms with E-state index in [1.165, 1.54) is 6.08 Å². The number of hydrogen-bond donors (Lipinski definition) is 1. The van der Waals surface area contributed by atoms with Crippen molar-refractivity contribution in [2.45, 2.75) is 6.42 Å². The van der Waals surface area contributed by atoms with Crippen molar-refractivity contribution in [2.75, 3.05) is 18.1 Å². The topological polar surface area (TPSA) is 66.8 Å². The molecule has 0 spiro atoms. The molecular formula is C20H18ClNO4. The molecule has 2 aromatic rings. The molecular weight excluding hydrogens is 354 g/mol. The molecule has 0 saturated carbocycles. The molecule has 6 heteroatoms. The van der Waals surface area contributed by atoms with E-state index >= 15 is 0 Å². The molecule has 1 aliphatic heterocycles. The van der Waals surface area contributed by atoms with Gasteiger partial charge in [0.25, 0.3) is 0 Å². The fourth-order valence-electron chi connectivity index (χ4n) is 2.82. The Labute approximate surface area is 156 Å².